The topological polar surface area (TPSA) is 35.8 Å². The van der Waals surface area contributed by atoms with Crippen molar-refractivity contribution in [3.63, 3.8) is 0 Å². The van der Waals surface area contributed by atoms with Crippen LogP contribution in [0.25, 0.3) is 0 Å². The smallest absolute Gasteiger partial charge is 0.103 e. The second kappa shape index (κ2) is 7.21. The van der Waals surface area contributed by atoms with Crippen LogP contribution in [0.4, 0.5) is 11.4 Å². The first-order chi connectivity index (χ1) is 9.65. The van der Waals surface area contributed by atoms with E-state index in [2.05, 4.69) is 40.9 Å². The fourth-order valence-corrected chi connectivity index (χ4v) is 3.45. The second-order valence-electron chi connectivity index (χ2n) is 3.97. The van der Waals surface area contributed by atoms with E-state index in [1.54, 1.807) is 11.8 Å². The molecule has 0 atom stereocenters. The van der Waals surface area contributed by atoms with E-state index in [0.717, 1.165) is 25.6 Å². The van der Waals surface area contributed by atoms with Crippen LogP contribution in [0.15, 0.2) is 41.3 Å². The first-order valence-electron chi connectivity index (χ1n) is 6.03. The van der Waals surface area contributed by atoms with Crippen molar-refractivity contribution in [1.82, 2.24) is 0 Å². The highest BCUT2D eigenvalue weighted by molar-refractivity contribution is 14.1. The van der Waals surface area contributed by atoms with E-state index in [1.165, 1.54) is 0 Å². The summed E-state index contributed by atoms with van der Waals surface area (Å²) in [6.45, 7) is 2.07. The molecule has 0 saturated carbocycles. The van der Waals surface area contributed by atoms with Gasteiger partial charge in [-0.25, -0.2) is 0 Å². The fraction of sp³-hybridized carbons (Fsp3) is 0.133. The van der Waals surface area contributed by atoms with E-state index in [-0.39, 0.29) is 0 Å². The molecule has 5 heteroatoms. The molecule has 0 fully saturated rings. The molecule has 0 aliphatic carbocycles. The van der Waals surface area contributed by atoms with Crippen LogP contribution in [0.3, 0.4) is 0 Å². The van der Waals surface area contributed by atoms with Crippen molar-refractivity contribution in [2.75, 3.05) is 11.1 Å². The van der Waals surface area contributed by atoms with Gasteiger partial charge in [0, 0.05) is 8.47 Å². The number of rotatable bonds is 4. The Labute approximate surface area is 141 Å². The van der Waals surface area contributed by atoms with Gasteiger partial charge >= 0.3 is 0 Å². The van der Waals surface area contributed by atoms with Gasteiger partial charge in [-0.2, -0.15) is 5.26 Å². The SMILES string of the molecule is CCSc1cccc(Nc2ccc(I)cc2Cl)c1C#N. The lowest BCUT2D eigenvalue weighted by Gasteiger charge is -2.12. The molecule has 2 aromatic carbocycles. The predicted octanol–water partition coefficient (Wildman–Crippen LogP) is 5.67. The van der Waals surface area contributed by atoms with Crippen molar-refractivity contribution in [3.05, 3.63) is 50.6 Å². The fourth-order valence-electron chi connectivity index (χ4n) is 1.76. The van der Waals surface area contributed by atoms with E-state index in [0.29, 0.717) is 10.6 Å². The quantitative estimate of drug-likeness (QED) is 0.517. The first-order valence-corrected chi connectivity index (χ1v) is 8.48. The first kappa shape index (κ1) is 15.5. The monoisotopic (exact) mass is 414 g/mol. The Bertz CT molecular complexity index is 667. The Morgan fingerprint density at radius 1 is 1.30 bits per heavy atom. The molecule has 0 unspecified atom stereocenters. The summed E-state index contributed by atoms with van der Waals surface area (Å²) < 4.78 is 1.08. The molecular formula is C15H12ClIN2S. The summed E-state index contributed by atoms with van der Waals surface area (Å²) >= 11 is 10.1. The van der Waals surface area contributed by atoms with Crippen molar-refractivity contribution < 1.29 is 0 Å². The molecule has 0 saturated heterocycles. The Morgan fingerprint density at radius 2 is 2.10 bits per heavy atom. The van der Waals surface area contributed by atoms with E-state index < -0.39 is 0 Å². The highest BCUT2D eigenvalue weighted by Gasteiger charge is 2.09. The number of nitrogens with zero attached hydrogens (tertiary/aromatic N) is 1. The van der Waals surface area contributed by atoms with Crippen LogP contribution in [0.5, 0.6) is 0 Å². The van der Waals surface area contributed by atoms with Crippen molar-refractivity contribution in [3.8, 4) is 6.07 Å². The van der Waals surface area contributed by atoms with Gasteiger partial charge in [0.25, 0.3) is 0 Å². The van der Waals surface area contributed by atoms with E-state index in [1.807, 2.05) is 36.4 Å². The third-order valence-corrected chi connectivity index (χ3v) is 4.56. The zero-order valence-electron chi connectivity index (χ0n) is 10.8. The summed E-state index contributed by atoms with van der Waals surface area (Å²) in [7, 11) is 0. The van der Waals surface area contributed by atoms with Crippen LogP contribution in [-0.2, 0) is 0 Å². The molecule has 0 amide bonds. The van der Waals surface area contributed by atoms with Crippen molar-refractivity contribution in [2.45, 2.75) is 11.8 Å². The van der Waals surface area contributed by atoms with Crippen LogP contribution in [-0.4, -0.2) is 5.75 Å². The number of benzene rings is 2. The number of halogens is 2. The summed E-state index contributed by atoms with van der Waals surface area (Å²) in [5.41, 5.74) is 2.25. The number of nitrogens with one attached hydrogen (secondary N) is 1. The zero-order chi connectivity index (χ0) is 14.5. The molecule has 0 bridgehead atoms. The average Bonchev–Trinajstić information content (AvgIpc) is 2.42. The van der Waals surface area contributed by atoms with Gasteiger partial charge in [0.05, 0.1) is 22.0 Å². The van der Waals surface area contributed by atoms with Gasteiger partial charge < -0.3 is 5.32 Å². The molecule has 102 valence electrons. The normalized spacial score (nSPS) is 10.1. The van der Waals surface area contributed by atoms with Crippen molar-refractivity contribution >= 4 is 57.3 Å². The largest absolute Gasteiger partial charge is 0.353 e. The second-order valence-corrected chi connectivity index (χ2v) is 6.93. The van der Waals surface area contributed by atoms with E-state index >= 15 is 0 Å². The van der Waals surface area contributed by atoms with Gasteiger partial charge in [0.15, 0.2) is 0 Å². The molecule has 0 aliphatic rings. The lowest BCUT2D eigenvalue weighted by Crippen LogP contribution is -1.96. The highest BCUT2D eigenvalue weighted by atomic mass is 127. The highest BCUT2D eigenvalue weighted by Crippen LogP contribution is 2.32. The average molecular weight is 415 g/mol. The molecule has 0 spiro atoms. The van der Waals surface area contributed by atoms with Crippen LogP contribution >= 0.6 is 46.0 Å². The molecule has 1 N–H and O–H groups in total. The third-order valence-electron chi connectivity index (χ3n) is 2.64. The number of thioether (sulfide) groups is 1. The molecule has 0 radical (unpaired) electrons. The van der Waals surface area contributed by atoms with Gasteiger partial charge in [-0.3, -0.25) is 0 Å². The van der Waals surface area contributed by atoms with Crippen LogP contribution in [0.2, 0.25) is 5.02 Å². The van der Waals surface area contributed by atoms with Gasteiger partial charge in [-0.1, -0.05) is 24.6 Å². The maximum atomic E-state index is 9.38. The predicted molar refractivity (Wildman–Crippen MR) is 95.0 cm³/mol. The van der Waals surface area contributed by atoms with Gasteiger partial charge in [-0.05, 0) is 58.7 Å². The lowest BCUT2D eigenvalue weighted by molar-refractivity contribution is 1.34. The maximum absolute atomic E-state index is 9.38. The van der Waals surface area contributed by atoms with Gasteiger partial charge in [-0.15, -0.1) is 11.8 Å². The van der Waals surface area contributed by atoms with Crippen LogP contribution < -0.4 is 5.32 Å². The lowest BCUT2D eigenvalue weighted by atomic mass is 10.2. The Hall–Kier alpha value is -0.900. The summed E-state index contributed by atoms with van der Waals surface area (Å²) in [5.74, 6) is 0.933. The molecule has 0 aromatic heterocycles. The van der Waals surface area contributed by atoms with E-state index in [9.17, 15) is 5.26 Å². The minimum atomic E-state index is 0.648. The number of nitriles is 1. The number of anilines is 2. The molecule has 2 rings (SSSR count). The Kier molecular flexibility index (Phi) is 5.58. The standard InChI is InChI=1S/C15H12ClIN2S/c1-2-20-15-5-3-4-13(11(15)9-18)19-14-7-6-10(17)8-12(14)16/h3-8,19H,2H2,1H3. The molecular weight excluding hydrogens is 403 g/mol. The molecule has 0 heterocycles. The third kappa shape index (κ3) is 3.60. The summed E-state index contributed by atoms with van der Waals surface area (Å²) in [6.07, 6.45) is 0. The van der Waals surface area contributed by atoms with Crippen LogP contribution in [0.1, 0.15) is 12.5 Å². The van der Waals surface area contributed by atoms with Crippen molar-refractivity contribution in [1.29, 1.82) is 5.26 Å². The zero-order valence-corrected chi connectivity index (χ0v) is 14.5. The van der Waals surface area contributed by atoms with Crippen LogP contribution in [0, 0.1) is 14.9 Å². The van der Waals surface area contributed by atoms with Gasteiger partial charge in [0.1, 0.15) is 6.07 Å². The minimum Gasteiger partial charge on any atom is -0.353 e. The summed E-state index contributed by atoms with van der Waals surface area (Å²) in [4.78, 5) is 0.988. The van der Waals surface area contributed by atoms with E-state index in [4.69, 9.17) is 11.6 Å². The number of hydrogen-bond donors (Lipinski definition) is 1. The summed E-state index contributed by atoms with van der Waals surface area (Å²) in [5, 5.41) is 13.3. The van der Waals surface area contributed by atoms with Crippen molar-refractivity contribution in [2.24, 2.45) is 0 Å². The molecule has 2 aromatic rings. The minimum absolute atomic E-state index is 0.648. The summed E-state index contributed by atoms with van der Waals surface area (Å²) in [6, 6.07) is 13.9. The molecule has 0 aliphatic heterocycles. The Morgan fingerprint density at radius 3 is 2.75 bits per heavy atom. The Balaban J connectivity index is 2.38. The maximum Gasteiger partial charge on any atom is 0.103 e. The molecule has 2 nitrogen and oxygen atoms in total. The molecule has 20 heavy (non-hydrogen) atoms. The number of hydrogen-bond acceptors (Lipinski definition) is 3. The van der Waals surface area contributed by atoms with Gasteiger partial charge in [0.2, 0.25) is 0 Å².